The van der Waals surface area contributed by atoms with Gasteiger partial charge in [0.15, 0.2) is 0 Å². The van der Waals surface area contributed by atoms with Crippen LogP contribution in [0.15, 0.2) is 29.4 Å². The molecule has 0 radical (unpaired) electrons. The SMILES string of the molecule is CC1=NN(c2ccc(C(=O)N3CCCN(C)CC3)cc2)CC1. The molecule has 0 aliphatic carbocycles. The highest BCUT2D eigenvalue weighted by molar-refractivity contribution is 5.94. The van der Waals surface area contributed by atoms with Crippen molar-refractivity contribution in [1.82, 2.24) is 9.80 Å². The van der Waals surface area contributed by atoms with E-state index in [1.54, 1.807) is 0 Å². The van der Waals surface area contributed by atoms with Crippen LogP contribution >= 0.6 is 0 Å². The molecule has 0 N–H and O–H groups in total. The summed E-state index contributed by atoms with van der Waals surface area (Å²) in [7, 11) is 2.11. The van der Waals surface area contributed by atoms with Crippen LogP contribution in [0.5, 0.6) is 0 Å². The second-order valence-electron chi connectivity index (χ2n) is 6.20. The van der Waals surface area contributed by atoms with Gasteiger partial charge in [0.2, 0.25) is 0 Å². The van der Waals surface area contributed by atoms with Gasteiger partial charge in [0.25, 0.3) is 5.91 Å². The van der Waals surface area contributed by atoms with Crippen molar-refractivity contribution in [2.45, 2.75) is 19.8 Å². The van der Waals surface area contributed by atoms with Crippen LogP contribution in [0.3, 0.4) is 0 Å². The molecule has 0 bridgehead atoms. The molecule has 1 aromatic carbocycles. The highest BCUT2D eigenvalue weighted by Gasteiger charge is 2.19. The van der Waals surface area contributed by atoms with Crippen molar-refractivity contribution in [2.24, 2.45) is 5.10 Å². The molecule has 2 aliphatic heterocycles. The molecule has 2 heterocycles. The minimum atomic E-state index is 0.142. The lowest BCUT2D eigenvalue weighted by Gasteiger charge is -2.21. The van der Waals surface area contributed by atoms with E-state index in [1.807, 2.05) is 41.1 Å². The zero-order valence-corrected chi connectivity index (χ0v) is 13.5. The number of benzene rings is 1. The first-order valence-electron chi connectivity index (χ1n) is 8.03. The van der Waals surface area contributed by atoms with Gasteiger partial charge in [-0.15, -0.1) is 0 Å². The minimum Gasteiger partial charge on any atom is -0.337 e. The van der Waals surface area contributed by atoms with E-state index in [-0.39, 0.29) is 5.91 Å². The Hall–Kier alpha value is -1.88. The predicted octanol–water partition coefficient (Wildman–Crippen LogP) is 2.05. The first-order valence-corrected chi connectivity index (χ1v) is 8.03. The molecule has 1 saturated heterocycles. The highest BCUT2D eigenvalue weighted by atomic mass is 16.2. The van der Waals surface area contributed by atoms with E-state index in [4.69, 9.17) is 0 Å². The Labute approximate surface area is 132 Å². The average Bonchev–Trinajstić information content (AvgIpc) is 2.84. The largest absolute Gasteiger partial charge is 0.337 e. The van der Waals surface area contributed by atoms with Crippen molar-refractivity contribution in [3.05, 3.63) is 29.8 Å². The van der Waals surface area contributed by atoms with Crippen molar-refractivity contribution in [3.8, 4) is 0 Å². The van der Waals surface area contributed by atoms with Crippen molar-refractivity contribution in [3.63, 3.8) is 0 Å². The molecular formula is C17H24N4O. The van der Waals surface area contributed by atoms with Crippen LogP contribution in [0.2, 0.25) is 0 Å². The number of hydrogen-bond acceptors (Lipinski definition) is 4. The number of anilines is 1. The summed E-state index contributed by atoms with van der Waals surface area (Å²) < 4.78 is 0. The number of hydrazone groups is 1. The number of rotatable bonds is 2. The zero-order valence-electron chi connectivity index (χ0n) is 13.5. The molecule has 0 atom stereocenters. The summed E-state index contributed by atoms with van der Waals surface area (Å²) in [6.45, 7) is 6.65. The maximum atomic E-state index is 12.6. The Morgan fingerprint density at radius 2 is 1.82 bits per heavy atom. The van der Waals surface area contributed by atoms with Crippen molar-refractivity contribution >= 4 is 17.3 Å². The number of nitrogens with zero attached hydrogens (tertiary/aromatic N) is 4. The second kappa shape index (κ2) is 6.48. The van der Waals surface area contributed by atoms with Gasteiger partial charge in [-0.3, -0.25) is 9.80 Å². The quantitative estimate of drug-likeness (QED) is 0.839. The number of carbonyl (C=O) groups excluding carboxylic acids is 1. The molecule has 0 unspecified atom stereocenters. The fourth-order valence-corrected chi connectivity index (χ4v) is 2.97. The molecule has 22 heavy (non-hydrogen) atoms. The van der Waals surface area contributed by atoms with Crippen LogP contribution in [-0.4, -0.2) is 61.2 Å². The lowest BCUT2D eigenvalue weighted by molar-refractivity contribution is 0.0763. The Morgan fingerprint density at radius 1 is 1.05 bits per heavy atom. The Morgan fingerprint density at radius 3 is 2.50 bits per heavy atom. The smallest absolute Gasteiger partial charge is 0.253 e. The normalized spacial score (nSPS) is 20.0. The summed E-state index contributed by atoms with van der Waals surface area (Å²) in [5.74, 6) is 0.142. The van der Waals surface area contributed by atoms with Crippen LogP contribution in [-0.2, 0) is 0 Å². The van der Waals surface area contributed by atoms with E-state index in [2.05, 4.69) is 17.0 Å². The molecule has 1 fully saturated rings. The summed E-state index contributed by atoms with van der Waals surface area (Å²) in [6.07, 6.45) is 2.06. The molecule has 0 spiro atoms. The third-order valence-electron chi connectivity index (χ3n) is 4.40. The van der Waals surface area contributed by atoms with Gasteiger partial charge in [-0.1, -0.05) is 0 Å². The molecule has 1 amide bonds. The minimum absolute atomic E-state index is 0.142. The van der Waals surface area contributed by atoms with Gasteiger partial charge in [-0.2, -0.15) is 5.10 Å². The predicted molar refractivity (Wildman–Crippen MR) is 89.5 cm³/mol. The number of amides is 1. The van der Waals surface area contributed by atoms with Crippen molar-refractivity contribution in [1.29, 1.82) is 0 Å². The molecule has 1 aromatic rings. The summed E-state index contributed by atoms with van der Waals surface area (Å²) in [6, 6.07) is 7.85. The average molecular weight is 300 g/mol. The molecule has 118 valence electrons. The topological polar surface area (TPSA) is 39.2 Å². The first kappa shape index (κ1) is 15.0. The summed E-state index contributed by atoms with van der Waals surface area (Å²) in [4.78, 5) is 16.9. The number of hydrogen-bond donors (Lipinski definition) is 0. The van der Waals surface area contributed by atoms with Crippen molar-refractivity contribution in [2.75, 3.05) is 44.8 Å². The van der Waals surface area contributed by atoms with Crippen LogP contribution in [0.4, 0.5) is 5.69 Å². The maximum Gasteiger partial charge on any atom is 0.253 e. The monoisotopic (exact) mass is 300 g/mol. The summed E-state index contributed by atoms with van der Waals surface area (Å²) >= 11 is 0. The van der Waals surface area contributed by atoms with E-state index in [0.717, 1.165) is 62.5 Å². The van der Waals surface area contributed by atoms with E-state index < -0.39 is 0 Å². The third kappa shape index (κ3) is 3.30. The second-order valence-corrected chi connectivity index (χ2v) is 6.20. The fraction of sp³-hybridized carbons (Fsp3) is 0.529. The van der Waals surface area contributed by atoms with Gasteiger partial charge in [0, 0.05) is 43.9 Å². The van der Waals surface area contributed by atoms with Crippen LogP contribution in [0.1, 0.15) is 30.1 Å². The van der Waals surface area contributed by atoms with E-state index in [9.17, 15) is 4.79 Å². The van der Waals surface area contributed by atoms with Gasteiger partial charge in [-0.05, 0) is 51.2 Å². The maximum absolute atomic E-state index is 12.6. The molecule has 2 aliphatic rings. The van der Waals surface area contributed by atoms with E-state index >= 15 is 0 Å². The van der Waals surface area contributed by atoms with Gasteiger partial charge >= 0.3 is 0 Å². The lowest BCUT2D eigenvalue weighted by Crippen LogP contribution is -2.34. The van der Waals surface area contributed by atoms with Gasteiger partial charge < -0.3 is 9.80 Å². The first-order chi connectivity index (χ1) is 10.6. The lowest BCUT2D eigenvalue weighted by atomic mass is 10.1. The molecule has 5 nitrogen and oxygen atoms in total. The molecule has 5 heteroatoms. The number of carbonyl (C=O) groups is 1. The molecule has 3 rings (SSSR count). The summed E-state index contributed by atoms with van der Waals surface area (Å²) in [5, 5.41) is 6.50. The van der Waals surface area contributed by atoms with Crippen LogP contribution in [0.25, 0.3) is 0 Å². The Kier molecular flexibility index (Phi) is 4.43. The van der Waals surface area contributed by atoms with Crippen LogP contribution < -0.4 is 5.01 Å². The highest BCUT2D eigenvalue weighted by Crippen LogP contribution is 2.20. The molecule has 0 aromatic heterocycles. The zero-order chi connectivity index (χ0) is 15.5. The Bertz CT molecular complexity index is 567. The number of likely N-dealkylation sites (N-methyl/N-ethyl adjacent to an activating group) is 1. The molecule has 0 saturated carbocycles. The van der Waals surface area contributed by atoms with Crippen molar-refractivity contribution < 1.29 is 4.79 Å². The Balaban J connectivity index is 1.68. The van der Waals surface area contributed by atoms with Crippen LogP contribution in [0, 0.1) is 0 Å². The fourth-order valence-electron chi connectivity index (χ4n) is 2.97. The van der Waals surface area contributed by atoms with Gasteiger partial charge in [-0.25, -0.2) is 0 Å². The van der Waals surface area contributed by atoms with E-state index in [1.165, 1.54) is 0 Å². The summed E-state index contributed by atoms with van der Waals surface area (Å²) in [5.41, 5.74) is 2.99. The third-order valence-corrected chi connectivity index (χ3v) is 4.40. The standard InChI is InChI=1S/C17H24N4O/c1-14-8-11-21(18-14)16-6-4-15(5-7-16)17(22)20-10-3-9-19(2)12-13-20/h4-7H,3,8-13H2,1-2H3. The van der Waals surface area contributed by atoms with E-state index in [0.29, 0.717) is 0 Å². The van der Waals surface area contributed by atoms with Gasteiger partial charge in [0.1, 0.15) is 0 Å². The molecular weight excluding hydrogens is 276 g/mol. The van der Waals surface area contributed by atoms with Gasteiger partial charge in [0.05, 0.1) is 5.69 Å².